The molecule has 0 radical (unpaired) electrons. The van der Waals surface area contributed by atoms with E-state index in [4.69, 9.17) is 23.2 Å². The third-order valence-corrected chi connectivity index (χ3v) is 4.10. The van der Waals surface area contributed by atoms with Gasteiger partial charge in [0.25, 0.3) is 0 Å². The van der Waals surface area contributed by atoms with Gasteiger partial charge in [-0.2, -0.15) is 0 Å². The van der Waals surface area contributed by atoms with Crippen LogP contribution in [0.25, 0.3) is 0 Å². The van der Waals surface area contributed by atoms with E-state index in [9.17, 15) is 0 Å². The van der Waals surface area contributed by atoms with Crippen LogP contribution in [0.5, 0.6) is 0 Å². The average Bonchev–Trinajstić information content (AvgIpc) is 2.73. The molecule has 2 aromatic rings. The highest BCUT2D eigenvalue weighted by Crippen LogP contribution is 2.30. The van der Waals surface area contributed by atoms with Gasteiger partial charge in [-0.25, -0.2) is 0 Å². The summed E-state index contributed by atoms with van der Waals surface area (Å²) in [6.07, 6.45) is 3.27. The monoisotopic (exact) mass is 280 g/mol. The molecule has 2 nitrogen and oxygen atoms in total. The summed E-state index contributed by atoms with van der Waals surface area (Å²) in [6.45, 7) is 2.07. The number of halogens is 2. The van der Waals surface area contributed by atoms with Crippen molar-refractivity contribution in [1.29, 1.82) is 0 Å². The lowest BCUT2D eigenvalue weighted by Gasteiger charge is -2.18. The molecule has 1 aliphatic heterocycles. The molecule has 1 aromatic heterocycles. The number of benzene rings is 1. The van der Waals surface area contributed by atoms with Gasteiger partial charge in [0.05, 0.1) is 16.1 Å². The molecule has 0 saturated carbocycles. The summed E-state index contributed by atoms with van der Waals surface area (Å²) in [5.41, 5.74) is 2.44. The highest BCUT2D eigenvalue weighted by molar-refractivity contribution is 6.42. The Labute approximate surface area is 117 Å². The van der Waals surface area contributed by atoms with Crippen molar-refractivity contribution < 1.29 is 0 Å². The third kappa shape index (κ3) is 2.16. The number of aromatic nitrogens is 1. The first-order chi connectivity index (χ1) is 8.75. The molecule has 1 unspecified atom stereocenters. The number of aryl methyl sites for hydroxylation is 1. The lowest BCUT2D eigenvalue weighted by Crippen LogP contribution is -2.22. The smallest absolute Gasteiger partial charge is 0.0731 e. The van der Waals surface area contributed by atoms with Crippen LogP contribution in [0.2, 0.25) is 10.0 Å². The molecule has 0 saturated heterocycles. The first-order valence-electron chi connectivity index (χ1n) is 6.09. The second-order valence-electron chi connectivity index (χ2n) is 4.54. The molecule has 0 spiro atoms. The SMILES string of the molecule is Clc1ccc(C2NCCCn3cccc32)cc1Cl. The Kier molecular flexibility index (Phi) is 3.33. The maximum absolute atomic E-state index is 6.11. The van der Waals surface area contributed by atoms with Gasteiger partial charge in [0.15, 0.2) is 0 Å². The van der Waals surface area contributed by atoms with Crippen LogP contribution in [0, 0.1) is 0 Å². The second-order valence-corrected chi connectivity index (χ2v) is 5.36. The predicted octanol–water partition coefficient (Wildman–Crippen LogP) is 3.88. The minimum absolute atomic E-state index is 0.192. The summed E-state index contributed by atoms with van der Waals surface area (Å²) >= 11 is 12.1. The second kappa shape index (κ2) is 4.96. The number of fused-ring (bicyclic) bond motifs is 1. The van der Waals surface area contributed by atoms with E-state index >= 15 is 0 Å². The van der Waals surface area contributed by atoms with Crippen molar-refractivity contribution in [2.24, 2.45) is 0 Å². The van der Waals surface area contributed by atoms with Crippen molar-refractivity contribution in [3.8, 4) is 0 Å². The first-order valence-corrected chi connectivity index (χ1v) is 6.84. The maximum Gasteiger partial charge on any atom is 0.0731 e. The average molecular weight is 281 g/mol. The number of nitrogens with one attached hydrogen (secondary N) is 1. The molecule has 0 bridgehead atoms. The van der Waals surface area contributed by atoms with E-state index in [1.165, 1.54) is 5.69 Å². The van der Waals surface area contributed by atoms with Crippen LogP contribution >= 0.6 is 23.2 Å². The molecular formula is C14H14Cl2N2. The van der Waals surface area contributed by atoms with Gasteiger partial charge in [-0.05, 0) is 42.8 Å². The molecule has 1 N–H and O–H groups in total. The standard InChI is InChI=1S/C14H14Cl2N2/c15-11-5-4-10(9-12(11)16)14-13-3-1-7-18(13)8-2-6-17-14/h1,3-5,7,9,14,17H,2,6,8H2. The van der Waals surface area contributed by atoms with E-state index in [2.05, 4.69) is 28.2 Å². The van der Waals surface area contributed by atoms with Gasteiger partial charge in [-0.1, -0.05) is 29.3 Å². The minimum atomic E-state index is 0.192. The zero-order chi connectivity index (χ0) is 12.5. The highest BCUT2D eigenvalue weighted by atomic mass is 35.5. The van der Waals surface area contributed by atoms with Gasteiger partial charge in [-0.3, -0.25) is 0 Å². The van der Waals surface area contributed by atoms with Crippen LogP contribution in [0.1, 0.15) is 23.7 Å². The Morgan fingerprint density at radius 3 is 2.89 bits per heavy atom. The Morgan fingerprint density at radius 1 is 1.17 bits per heavy atom. The Morgan fingerprint density at radius 2 is 2.06 bits per heavy atom. The molecule has 0 aliphatic carbocycles. The minimum Gasteiger partial charge on any atom is -0.350 e. The van der Waals surface area contributed by atoms with Crippen molar-refractivity contribution in [3.05, 3.63) is 57.8 Å². The van der Waals surface area contributed by atoms with Crippen molar-refractivity contribution in [1.82, 2.24) is 9.88 Å². The zero-order valence-corrected chi connectivity index (χ0v) is 11.4. The largest absolute Gasteiger partial charge is 0.350 e. The van der Waals surface area contributed by atoms with Crippen molar-refractivity contribution in [2.75, 3.05) is 6.54 Å². The molecule has 94 valence electrons. The highest BCUT2D eigenvalue weighted by Gasteiger charge is 2.20. The Bertz CT molecular complexity index is 563. The van der Waals surface area contributed by atoms with Gasteiger partial charge in [0.1, 0.15) is 0 Å². The Hall–Kier alpha value is -0.960. The normalized spacial score (nSPS) is 19.3. The van der Waals surface area contributed by atoms with Crippen molar-refractivity contribution >= 4 is 23.2 Å². The topological polar surface area (TPSA) is 17.0 Å². The van der Waals surface area contributed by atoms with Crippen LogP contribution in [0.15, 0.2) is 36.5 Å². The van der Waals surface area contributed by atoms with Crippen molar-refractivity contribution in [2.45, 2.75) is 19.0 Å². The molecule has 1 aliphatic rings. The lowest BCUT2D eigenvalue weighted by molar-refractivity contribution is 0.609. The van der Waals surface area contributed by atoms with Crippen LogP contribution in [-0.2, 0) is 6.54 Å². The fraction of sp³-hybridized carbons (Fsp3) is 0.286. The molecule has 18 heavy (non-hydrogen) atoms. The maximum atomic E-state index is 6.11. The van der Waals surface area contributed by atoms with E-state index < -0.39 is 0 Å². The summed E-state index contributed by atoms with van der Waals surface area (Å²) in [5.74, 6) is 0. The molecule has 0 fully saturated rings. The Balaban J connectivity index is 2.03. The van der Waals surface area contributed by atoms with Gasteiger partial charge >= 0.3 is 0 Å². The fourth-order valence-electron chi connectivity index (χ4n) is 2.47. The van der Waals surface area contributed by atoms with E-state index in [1.54, 1.807) is 0 Å². The number of rotatable bonds is 1. The zero-order valence-electron chi connectivity index (χ0n) is 9.87. The summed E-state index contributed by atoms with van der Waals surface area (Å²) in [4.78, 5) is 0. The van der Waals surface area contributed by atoms with Crippen LogP contribution < -0.4 is 5.32 Å². The van der Waals surface area contributed by atoms with Gasteiger partial charge in [0, 0.05) is 18.4 Å². The fourth-order valence-corrected chi connectivity index (χ4v) is 2.78. The molecule has 4 heteroatoms. The summed E-state index contributed by atoms with van der Waals surface area (Å²) in [6, 6.07) is 10.3. The molecule has 0 amide bonds. The molecular weight excluding hydrogens is 267 g/mol. The van der Waals surface area contributed by atoms with Gasteiger partial charge < -0.3 is 9.88 Å². The van der Waals surface area contributed by atoms with Crippen molar-refractivity contribution in [3.63, 3.8) is 0 Å². The van der Waals surface area contributed by atoms with E-state index in [0.29, 0.717) is 10.0 Å². The molecule has 1 atom stereocenters. The van der Waals surface area contributed by atoms with E-state index in [-0.39, 0.29) is 6.04 Å². The van der Waals surface area contributed by atoms with Crippen LogP contribution in [0.3, 0.4) is 0 Å². The van der Waals surface area contributed by atoms with Crippen LogP contribution in [-0.4, -0.2) is 11.1 Å². The predicted molar refractivity (Wildman–Crippen MR) is 75.4 cm³/mol. The van der Waals surface area contributed by atoms with E-state index in [0.717, 1.165) is 25.1 Å². The number of hydrogen-bond donors (Lipinski definition) is 1. The number of hydrogen-bond acceptors (Lipinski definition) is 1. The van der Waals surface area contributed by atoms with Crippen LogP contribution in [0.4, 0.5) is 0 Å². The number of nitrogens with zero attached hydrogens (tertiary/aromatic N) is 1. The summed E-state index contributed by atoms with van der Waals surface area (Å²) in [5, 5.41) is 4.78. The van der Waals surface area contributed by atoms with Gasteiger partial charge in [-0.15, -0.1) is 0 Å². The summed E-state index contributed by atoms with van der Waals surface area (Å²) < 4.78 is 2.30. The summed E-state index contributed by atoms with van der Waals surface area (Å²) in [7, 11) is 0. The first kappa shape index (κ1) is 12.1. The lowest BCUT2D eigenvalue weighted by atomic mass is 10.0. The molecule has 2 heterocycles. The quantitative estimate of drug-likeness (QED) is 0.839. The molecule has 1 aromatic carbocycles. The van der Waals surface area contributed by atoms with E-state index in [1.807, 2.05) is 18.2 Å². The molecule has 3 rings (SSSR count). The van der Waals surface area contributed by atoms with Gasteiger partial charge in [0.2, 0.25) is 0 Å². The third-order valence-electron chi connectivity index (χ3n) is 3.36.